The Balaban J connectivity index is 3.76. The first-order valence-corrected chi connectivity index (χ1v) is 9.31. The third-order valence-electron chi connectivity index (χ3n) is 4.07. The van der Waals surface area contributed by atoms with Gasteiger partial charge in [-0.05, 0) is 26.2 Å². The van der Waals surface area contributed by atoms with E-state index in [1.807, 2.05) is 13.8 Å². The molecule has 3 heteroatoms. The van der Waals surface area contributed by atoms with Gasteiger partial charge < -0.3 is 10.5 Å². The molecule has 0 aromatic heterocycles. The van der Waals surface area contributed by atoms with Crippen molar-refractivity contribution in [1.29, 1.82) is 0 Å². The minimum absolute atomic E-state index is 0.224. The van der Waals surface area contributed by atoms with E-state index in [-0.39, 0.29) is 5.97 Å². The van der Waals surface area contributed by atoms with Crippen LogP contribution in [0.2, 0.25) is 0 Å². The molecule has 0 bridgehead atoms. The number of carbonyl (C=O) groups is 1. The molecule has 2 N–H and O–H groups in total. The normalized spacial score (nSPS) is 12.1. The summed E-state index contributed by atoms with van der Waals surface area (Å²) in [6.07, 6.45) is 14.4. The van der Waals surface area contributed by atoms with Gasteiger partial charge in [0.25, 0.3) is 0 Å². The standard InChI is InChI=1S/C19H37NO2/c1-4-7-8-9-10-11-12-13-14-15-16-17(18(20)5-2)19(21)22-6-3/h4-16,20H2,1-3H3. The molecular formula is C19H37NO2. The molecule has 0 spiro atoms. The van der Waals surface area contributed by atoms with Crippen LogP contribution in [0.1, 0.15) is 97.8 Å². The van der Waals surface area contributed by atoms with Crippen molar-refractivity contribution in [2.24, 2.45) is 5.73 Å². The smallest absolute Gasteiger partial charge is 0.335 e. The predicted molar refractivity (Wildman–Crippen MR) is 94.6 cm³/mol. The molecule has 0 aliphatic rings. The summed E-state index contributed by atoms with van der Waals surface area (Å²) in [5.41, 5.74) is 7.33. The lowest BCUT2D eigenvalue weighted by Crippen LogP contribution is -2.14. The van der Waals surface area contributed by atoms with Gasteiger partial charge >= 0.3 is 5.97 Å². The highest BCUT2D eigenvalue weighted by Crippen LogP contribution is 2.17. The molecule has 0 amide bonds. The molecule has 130 valence electrons. The van der Waals surface area contributed by atoms with E-state index in [9.17, 15) is 4.79 Å². The summed E-state index contributed by atoms with van der Waals surface area (Å²) in [6, 6.07) is 0. The number of carbonyl (C=O) groups excluding carboxylic acids is 1. The molecule has 0 aliphatic carbocycles. The number of nitrogens with two attached hydrogens (primary N) is 1. The second-order valence-electron chi connectivity index (χ2n) is 6.01. The number of allylic oxidation sites excluding steroid dienone is 1. The van der Waals surface area contributed by atoms with Gasteiger partial charge in [-0.3, -0.25) is 0 Å². The van der Waals surface area contributed by atoms with Gasteiger partial charge in [0.2, 0.25) is 0 Å². The zero-order chi connectivity index (χ0) is 16.6. The van der Waals surface area contributed by atoms with E-state index in [0.717, 1.165) is 12.8 Å². The largest absolute Gasteiger partial charge is 0.463 e. The fraction of sp³-hybridized carbons (Fsp3) is 0.842. The van der Waals surface area contributed by atoms with E-state index in [2.05, 4.69) is 6.92 Å². The molecular weight excluding hydrogens is 274 g/mol. The van der Waals surface area contributed by atoms with Crippen LogP contribution in [0.3, 0.4) is 0 Å². The average molecular weight is 312 g/mol. The second kappa shape index (κ2) is 14.9. The van der Waals surface area contributed by atoms with Crippen molar-refractivity contribution >= 4 is 5.97 Å². The van der Waals surface area contributed by atoms with Crippen LogP contribution in [0.4, 0.5) is 0 Å². The Morgan fingerprint density at radius 1 is 0.818 bits per heavy atom. The lowest BCUT2D eigenvalue weighted by molar-refractivity contribution is -0.138. The lowest BCUT2D eigenvalue weighted by atomic mass is 10.0. The Kier molecular flexibility index (Phi) is 14.3. The van der Waals surface area contributed by atoms with Crippen molar-refractivity contribution in [3.05, 3.63) is 11.3 Å². The van der Waals surface area contributed by atoms with Gasteiger partial charge in [0.15, 0.2) is 0 Å². The molecule has 3 nitrogen and oxygen atoms in total. The predicted octanol–water partition coefficient (Wildman–Crippen LogP) is 5.48. The summed E-state index contributed by atoms with van der Waals surface area (Å²) >= 11 is 0. The van der Waals surface area contributed by atoms with Crippen molar-refractivity contribution in [3.8, 4) is 0 Å². The van der Waals surface area contributed by atoms with Crippen LogP contribution >= 0.6 is 0 Å². The van der Waals surface area contributed by atoms with Crippen molar-refractivity contribution in [1.82, 2.24) is 0 Å². The third kappa shape index (κ3) is 10.7. The fourth-order valence-electron chi connectivity index (χ4n) is 2.61. The highest BCUT2D eigenvalue weighted by atomic mass is 16.5. The van der Waals surface area contributed by atoms with Crippen molar-refractivity contribution in [3.63, 3.8) is 0 Å². The molecule has 0 saturated carbocycles. The number of hydrogen-bond donors (Lipinski definition) is 1. The molecule has 0 heterocycles. The first-order chi connectivity index (χ1) is 10.7. The molecule has 0 fully saturated rings. The Hall–Kier alpha value is -0.990. The summed E-state index contributed by atoms with van der Waals surface area (Å²) in [5.74, 6) is -0.224. The molecule has 0 saturated heterocycles. The third-order valence-corrected chi connectivity index (χ3v) is 4.07. The Morgan fingerprint density at radius 3 is 1.77 bits per heavy atom. The van der Waals surface area contributed by atoms with Crippen molar-refractivity contribution in [2.75, 3.05) is 6.61 Å². The first-order valence-electron chi connectivity index (χ1n) is 9.31. The number of hydrogen-bond acceptors (Lipinski definition) is 3. The first kappa shape index (κ1) is 21.0. The lowest BCUT2D eigenvalue weighted by Gasteiger charge is -2.10. The maximum atomic E-state index is 11.9. The van der Waals surface area contributed by atoms with E-state index in [4.69, 9.17) is 10.5 Å². The van der Waals surface area contributed by atoms with Crippen LogP contribution in [0.5, 0.6) is 0 Å². The number of rotatable bonds is 14. The summed E-state index contributed by atoms with van der Waals surface area (Å²) in [4.78, 5) is 11.9. The summed E-state index contributed by atoms with van der Waals surface area (Å²) in [6.45, 7) is 6.48. The van der Waals surface area contributed by atoms with E-state index in [1.54, 1.807) is 0 Å². The number of ether oxygens (including phenoxy) is 1. The maximum Gasteiger partial charge on any atom is 0.335 e. The summed E-state index contributed by atoms with van der Waals surface area (Å²) < 4.78 is 5.09. The molecule has 22 heavy (non-hydrogen) atoms. The van der Waals surface area contributed by atoms with E-state index in [1.165, 1.54) is 57.8 Å². The topological polar surface area (TPSA) is 52.3 Å². The molecule has 0 unspecified atom stereocenters. The molecule has 0 radical (unpaired) electrons. The number of esters is 1. The van der Waals surface area contributed by atoms with Crippen LogP contribution in [0.25, 0.3) is 0 Å². The quantitative estimate of drug-likeness (QED) is 0.262. The zero-order valence-electron chi connectivity index (χ0n) is 15.1. The van der Waals surface area contributed by atoms with Crippen LogP contribution in [-0.4, -0.2) is 12.6 Å². The number of unbranched alkanes of at least 4 members (excludes halogenated alkanes) is 9. The molecule has 0 atom stereocenters. The van der Waals surface area contributed by atoms with Gasteiger partial charge in [0.1, 0.15) is 0 Å². The molecule has 0 aromatic rings. The second-order valence-corrected chi connectivity index (χ2v) is 6.01. The fourth-order valence-corrected chi connectivity index (χ4v) is 2.61. The average Bonchev–Trinajstić information content (AvgIpc) is 2.52. The van der Waals surface area contributed by atoms with Gasteiger partial charge in [-0.2, -0.15) is 0 Å². The van der Waals surface area contributed by atoms with Crippen LogP contribution in [0.15, 0.2) is 11.3 Å². The minimum atomic E-state index is -0.224. The zero-order valence-corrected chi connectivity index (χ0v) is 15.1. The SMILES string of the molecule is CCCCCCCCCCCCC(C(=O)OCC)=C(N)CC. The highest BCUT2D eigenvalue weighted by molar-refractivity contribution is 5.89. The van der Waals surface area contributed by atoms with Gasteiger partial charge in [-0.25, -0.2) is 4.79 Å². The van der Waals surface area contributed by atoms with Gasteiger partial charge in [-0.1, -0.05) is 71.6 Å². The monoisotopic (exact) mass is 311 g/mol. The van der Waals surface area contributed by atoms with Crippen molar-refractivity contribution in [2.45, 2.75) is 97.8 Å². The van der Waals surface area contributed by atoms with E-state index in [0.29, 0.717) is 24.3 Å². The van der Waals surface area contributed by atoms with Crippen LogP contribution in [0, 0.1) is 0 Å². The van der Waals surface area contributed by atoms with Gasteiger partial charge in [-0.15, -0.1) is 0 Å². The van der Waals surface area contributed by atoms with Crippen LogP contribution in [-0.2, 0) is 9.53 Å². The highest BCUT2D eigenvalue weighted by Gasteiger charge is 2.13. The Morgan fingerprint density at radius 2 is 1.32 bits per heavy atom. The summed E-state index contributed by atoms with van der Waals surface area (Å²) in [7, 11) is 0. The van der Waals surface area contributed by atoms with E-state index < -0.39 is 0 Å². The van der Waals surface area contributed by atoms with Crippen LogP contribution < -0.4 is 5.73 Å². The van der Waals surface area contributed by atoms with Gasteiger partial charge in [0, 0.05) is 5.70 Å². The molecule has 0 aliphatic heterocycles. The van der Waals surface area contributed by atoms with Crippen molar-refractivity contribution < 1.29 is 9.53 Å². The Bertz CT molecular complexity index is 311. The minimum Gasteiger partial charge on any atom is -0.463 e. The Labute approximate surface area is 137 Å². The molecule has 0 rings (SSSR count). The maximum absolute atomic E-state index is 11.9. The van der Waals surface area contributed by atoms with E-state index >= 15 is 0 Å². The molecule has 0 aromatic carbocycles. The van der Waals surface area contributed by atoms with Gasteiger partial charge in [0.05, 0.1) is 12.2 Å². The summed E-state index contributed by atoms with van der Waals surface area (Å²) in [5, 5.41) is 0.